The van der Waals surface area contributed by atoms with Crippen molar-refractivity contribution < 1.29 is 22.7 Å². The van der Waals surface area contributed by atoms with E-state index in [0.29, 0.717) is 16.5 Å². The molecule has 10 heteroatoms. The molecule has 0 saturated carbocycles. The fraction of sp³-hybridized carbons (Fsp3) is 0.367. The number of aromatic nitrogens is 2. The Kier molecular flexibility index (Phi) is 8.72. The zero-order valence-electron chi connectivity index (χ0n) is 24.0. The summed E-state index contributed by atoms with van der Waals surface area (Å²) in [4.78, 5) is 17.2. The van der Waals surface area contributed by atoms with E-state index >= 15 is 4.39 Å². The van der Waals surface area contributed by atoms with Crippen LogP contribution in [0, 0.1) is 5.82 Å². The molecule has 0 unspecified atom stereocenters. The van der Waals surface area contributed by atoms with Gasteiger partial charge in [-0.05, 0) is 56.6 Å². The number of ether oxygens (including phenoxy) is 1. The summed E-state index contributed by atoms with van der Waals surface area (Å²) >= 11 is 0. The Hall–Kier alpha value is -3.21. The van der Waals surface area contributed by atoms with E-state index in [1.54, 1.807) is 6.92 Å². The van der Waals surface area contributed by atoms with E-state index in [4.69, 9.17) is 9.26 Å². The van der Waals surface area contributed by atoms with E-state index < -0.39 is 41.6 Å². The minimum absolute atomic E-state index is 0.0468. The molecule has 2 aromatic carbocycles. The molecule has 40 heavy (non-hydrogen) atoms. The number of pyridine rings is 1. The van der Waals surface area contributed by atoms with Gasteiger partial charge in [0.05, 0.1) is 42.1 Å². The Balaban J connectivity index is 1.89. The van der Waals surface area contributed by atoms with Crippen LogP contribution in [0.3, 0.4) is 0 Å². The van der Waals surface area contributed by atoms with Crippen LogP contribution in [-0.4, -0.2) is 39.7 Å². The van der Waals surface area contributed by atoms with Crippen molar-refractivity contribution in [3.05, 3.63) is 77.4 Å². The molecule has 0 saturated heterocycles. The quantitative estimate of drug-likeness (QED) is 0.190. The van der Waals surface area contributed by atoms with Crippen molar-refractivity contribution in [2.45, 2.75) is 64.5 Å². The Bertz CT molecular complexity index is 1560. The number of fused-ring (bicyclic) bond motifs is 1. The number of esters is 1. The van der Waals surface area contributed by atoms with Crippen molar-refractivity contribution in [2.75, 3.05) is 6.61 Å². The second-order valence-electron chi connectivity index (χ2n) is 11.7. The summed E-state index contributed by atoms with van der Waals surface area (Å²) in [5, 5.41) is 5.67. The molecule has 1 N–H and O–H groups in total. The summed E-state index contributed by atoms with van der Waals surface area (Å²) < 4.78 is 43.0. The highest BCUT2D eigenvalue weighted by atomic mass is 32.2. The number of benzene rings is 2. The van der Waals surface area contributed by atoms with Crippen LogP contribution in [0.25, 0.3) is 22.2 Å². The van der Waals surface area contributed by atoms with Crippen LogP contribution in [0.1, 0.15) is 55.5 Å². The van der Waals surface area contributed by atoms with Gasteiger partial charge in [-0.3, -0.25) is 0 Å². The lowest BCUT2D eigenvalue weighted by molar-refractivity contribution is 0.0519. The summed E-state index contributed by atoms with van der Waals surface area (Å²) in [5.41, 5.74) is 2.99. The largest absolute Gasteiger partial charge is 0.461 e. The predicted octanol–water partition coefficient (Wildman–Crippen LogP) is 6.09. The van der Waals surface area contributed by atoms with Crippen LogP contribution in [0.5, 0.6) is 0 Å². The van der Waals surface area contributed by atoms with Crippen molar-refractivity contribution in [1.82, 2.24) is 14.9 Å². The van der Waals surface area contributed by atoms with Crippen LogP contribution < -0.4 is 9.91 Å². The number of hydrogen-bond donors (Lipinski definition) is 1. The Morgan fingerprint density at radius 1 is 1.12 bits per heavy atom. The lowest BCUT2D eigenvalue weighted by atomic mass is 9.94. The number of nitrogens with one attached hydrogen (secondary N) is 1. The molecule has 212 valence electrons. The number of carbonyl (C=O) groups is 1. The summed E-state index contributed by atoms with van der Waals surface area (Å²) in [6, 6.07) is 16.0. The van der Waals surface area contributed by atoms with E-state index in [-0.39, 0.29) is 24.4 Å². The molecule has 0 aliphatic carbocycles. The van der Waals surface area contributed by atoms with Gasteiger partial charge < -0.3 is 9.26 Å². The molecule has 0 bridgehead atoms. The van der Waals surface area contributed by atoms with Crippen LogP contribution in [0.15, 0.2) is 59.1 Å². The molecule has 2 heterocycles. The number of para-hydroxylation sites is 1. The van der Waals surface area contributed by atoms with Gasteiger partial charge in [0, 0.05) is 17.4 Å². The van der Waals surface area contributed by atoms with Gasteiger partial charge in [-0.15, -0.1) is 0 Å². The minimum atomic E-state index is -2.21. The molecule has 2 atom stereocenters. The molecule has 4 aromatic rings. The Labute approximate surface area is 238 Å². The van der Waals surface area contributed by atoms with Gasteiger partial charge in [-0.25, -0.2) is 23.1 Å². The lowest BCUT2D eigenvalue weighted by Gasteiger charge is -2.27. The first-order valence-corrected chi connectivity index (χ1v) is 17.9. The predicted molar refractivity (Wildman–Crippen MR) is 160 cm³/mol. The van der Waals surface area contributed by atoms with E-state index in [1.807, 2.05) is 88.9 Å². The molecule has 0 amide bonds. The summed E-state index contributed by atoms with van der Waals surface area (Å²) in [6.45, 7) is 13.5. The molecule has 4 rings (SSSR count). The third-order valence-electron chi connectivity index (χ3n) is 6.49. The fourth-order valence-electron chi connectivity index (χ4n) is 4.38. The Morgan fingerprint density at radius 3 is 2.48 bits per heavy atom. The zero-order valence-corrected chi connectivity index (χ0v) is 25.8. The van der Waals surface area contributed by atoms with Crippen LogP contribution in [0.4, 0.5) is 4.39 Å². The second-order valence-corrected chi connectivity index (χ2v) is 18.7. The van der Waals surface area contributed by atoms with Crippen molar-refractivity contribution in [1.29, 1.82) is 0 Å². The standard InChI is InChI=1S/C30H36FN3O4SSi/c1-8-37-29(35)24-18-26(40(5,6)7)27(31)23(32-24)17-22(34-39(36)30(2,3)4)19-13-9-10-14-20(19)28-21-15-11-12-16-25(21)38-33-28/h9-16,18,22,34H,8,17H2,1-7H3/t22-,39-/m0/s1. The van der Waals surface area contributed by atoms with Crippen molar-refractivity contribution in [2.24, 2.45) is 0 Å². The number of hydrogen-bond acceptors (Lipinski definition) is 6. The first-order valence-electron chi connectivity index (χ1n) is 13.3. The molecule has 0 radical (unpaired) electrons. The number of rotatable bonds is 9. The third-order valence-corrected chi connectivity index (χ3v) is 10.1. The molecular weight excluding hydrogens is 545 g/mol. The molecule has 0 aliphatic rings. The average Bonchev–Trinajstić information content (AvgIpc) is 3.32. The first-order chi connectivity index (χ1) is 18.8. The second kappa shape index (κ2) is 11.7. The molecule has 0 spiro atoms. The SMILES string of the molecule is CCOC(=O)c1cc([Si](C)(C)C)c(F)c(C[C@H](N[S@@](=O)C(C)(C)C)c2ccccc2-c2noc3ccccc23)n1. The highest BCUT2D eigenvalue weighted by molar-refractivity contribution is 7.84. The fourth-order valence-corrected chi connectivity index (χ4v) is 6.58. The van der Waals surface area contributed by atoms with Gasteiger partial charge in [0.15, 0.2) is 5.58 Å². The lowest BCUT2D eigenvalue weighted by Crippen LogP contribution is -2.42. The highest BCUT2D eigenvalue weighted by Crippen LogP contribution is 2.35. The maximum atomic E-state index is 16.1. The van der Waals surface area contributed by atoms with Gasteiger partial charge in [0.1, 0.15) is 17.2 Å². The van der Waals surface area contributed by atoms with E-state index in [2.05, 4.69) is 14.9 Å². The maximum absolute atomic E-state index is 16.1. The maximum Gasteiger partial charge on any atom is 0.356 e. The molecule has 2 aromatic heterocycles. The molecule has 0 aliphatic heterocycles. The summed E-state index contributed by atoms with van der Waals surface area (Å²) in [7, 11) is -3.71. The summed E-state index contributed by atoms with van der Waals surface area (Å²) in [5.74, 6) is -1.04. The number of halogens is 1. The van der Waals surface area contributed by atoms with E-state index in [1.165, 1.54) is 6.07 Å². The van der Waals surface area contributed by atoms with Gasteiger partial charge in [0.2, 0.25) is 0 Å². The number of nitrogens with zero attached hydrogens (tertiary/aromatic N) is 2. The van der Waals surface area contributed by atoms with Crippen LogP contribution in [-0.2, 0) is 22.1 Å². The highest BCUT2D eigenvalue weighted by Gasteiger charge is 2.31. The molecular formula is C30H36FN3O4SSi. The van der Waals surface area contributed by atoms with Crippen molar-refractivity contribution in [3.8, 4) is 11.3 Å². The van der Waals surface area contributed by atoms with Gasteiger partial charge in [-0.2, -0.15) is 0 Å². The molecule has 7 nitrogen and oxygen atoms in total. The monoisotopic (exact) mass is 581 g/mol. The van der Waals surface area contributed by atoms with Crippen LogP contribution >= 0.6 is 0 Å². The average molecular weight is 582 g/mol. The smallest absolute Gasteiger partial charge is 0.356 e. The van der Waals surface area contributed by atoms with Crippen molar-refractivity contribution >= 4 is 41.2 Å². The van der Waals surface area contributed by atoms with Gasteiger partial charge >= 0.3 is 5.97 Å². The van der Waals surface area contributed by atoms with Gasteiger partial charge in [-0.1, -0.05) is 61.2 Å². The molecule has 0 fully saturated rings. The normalized spacial score (nSPS) is 13.8. The Morgan fingerprint density at radius 2 is 1.80 bits per heavy atom. The topological polar surface area (TPSA) is 94.3 Å². The minimum Gasteiger partial charge on any atom is -0.461 e. The zero-order chi connectivity index (χ0) is 29.2. The summed E-state index contributed by atoms with van der Waals surface area (Å²) in [6.07, 6.45) is 0.0468. The van der Waals surface area contributed by atoms with Gasteiger partial charge in [0.25, 0.3) is 0 Å². The van der Waals surface area contributed by atoms with E-state index in [0.717, 1.165) is 16.5 Å². The third kappa shape index (κ3) is 6.40. The van der Waals surface area contributed by atoms with Crippen LogP contribution in [0.2, 0.25) is 19.6 Å². The number of carbonyl (C=O) groups excluding carboxylic acids is 1. The van der Waals surface area contributed by atoms with Crippen molar-refractivity contribution in [3.63, 3.8) is 0 Å². The van der Waals surface area contributed by atoms with E-state index in [9.17, 15) is 9.00 Å². The first kappa shape index (κ1) is 29.8.